The first-order chi connectivity index (χ1) is 16.0. The maximum Gasteiger partial charge on any atom is 0.658 e. The molecule has 165 valence electrons. The highest BCUT2D eigenvalue weighted by molar-refractivity contribution is 6.20. The molecular formula is C24H18BF2N2O4. The quantitative estimate of drug-likeness (QED) is 0.311. The minimum absolute atomic E-state index is 0.0379. The fourth-order valence-corrected chi connectivity index (χ4v) is 2.83. The minimum atomic E-state index is -0.616. The molecule has 33 heavy (non-hydrogen) atoms. The summed E-state index contributed by atoms with van der Waals surface area (Å²) in [7, 11) is 0.975. The summed E-state index contributed by atoms with van der Waals surface area (Å²) in [6.45, 7) is 3.62. The normalized spacial score (nSPS) is 10.4. The molecule has 9 heteroatoms. The van der Waals surface area contributed by atoms with E-state index in [1.165, 1.54) is 24.3 Å². The van der Waals surface area contributed by atoms with E-state index in [2.05, 4.69) is 9.97 Å². The number of aryl methyl sites for hydroxylation is 2. The van der Waals surface area contributed by atoms with Crippen LogP contribution in [-0.4, -0.2) is 17.7 Å². The number of nitrogens with zero attached hydrogens (tertiary/aromatic N) is 2. The van der Waals surface area contributed by atoms with E-state index in [0.29, 0.717) is 11.5 Å². The third kappa shape index (κ3) is 5.97. The van der Waals surface area contributed by atoms with Crippen LogP contribution < -0.4 is 18.8 Å². The van der Waals surface area contributed by atoms with Crippen molar-refractivity contribution in [2.45, 2.75) is 13.8 Å². The predicted octanol–water partition coefficient (Wildman–Crippen LogP) is 5.95. The molecule has 2 aromatic heterocycles. The highest BCUT2D eigenvalue weighted by Crippen LogP contribution is 2.29. The molecule has 0 aliphatic rings. The average Bonchev–Trinajstić information content (AvgIpc) is 2.78. The van der Waals surface area contributed by atoms with E-state index in [1.54, 1.807) is 36.7 Å². The third-order valence-corrected chi connectivity index (χ3v) is 4.37. The van der Waals surface area contributed by atoms with E-state index in [0.717, 1.165) is 31.2 Å². The summed E-state index contributed by atoms with van der Waals surface area (Å²) >= 11 is 0. The first kappa shape index (κ1) is 22.1. The Morgan fingerprint density at radius 2 is 1.06 bits per heavy atom. The Hall–Kier alpha value is -4.14. The van der Waals surface area contributed by atoms with Crippen molar-refractivity contribution in [3.63, 3.8) is 0 Å². The van der Waals surface area contributed by atoms with Crippen molar-refractivity contribution in [1.82, 2.24) is 9.97 Å². The lowest BCUT2D eigenvalue weighted by Gasteiger charge is -2.11. The van der Waals surface area contributed by atoms with Gasteiger partial charge in [0, 0.05) is 48.0 Å². The lowest BCUT2D eigenvalue weighted by Crippen LogP contribution is -2.11. The molecule has 4 rings (SSSR count). The summed E-state index contributed by atoms with van der Waals surface area (Å²) in [6.07, 6.45) is 3.15. The summed E-state index contributed by atoms with van der Waals surface area (Å²) in [5.74, 6) is 0.144. The van der Waals surface area contributed by atoms with Gasteiger partial charge in [0.2, 0.25) is 0 Å². The van der Waals surface area contributed by atoms with Gasteiger partial charge in [-0.25, -0.2) is 8.78 Å². The van der Waals surface area contributed by atoms with Crippen molar-refractivity contribution in [2.24, 2.45) is 0 Å². The van der Waals surface area contributed by atoms with Crippen molar-refractivity contribution in [2.75, 3.05) is 0 Å². The average molecular weight is 447 g/mol. The topological polar surface area (TPSA) is 62.7 Å². The lowest BCUT2D eigenvalue weighted by molar-refractivity contribution is 0.425. The molecular weight excluding hydrogens is 429 g/mol. The molecule has 0 N–H and O–H groups in total. The minimum Gasteiger partial charge on any atom is -0.526 e. The van der Waals surface area contributed by atoms with E-state index in [-0.39, 0.29) is 23.0 Å². The van der Waals surface area contributed by atoms with E-state index < -0.39 is 11.6 Å². The fraction of sp³-hybridized carbons (Fsp3) is 0.0833. The third-order valence-electron chi connectivity index (χ3n) is 4.37. The highest BCUT2D eigenvalue weighted by Gasteiger charge is 2.11. The summed E-state index contributed by atoms with van der Waals surface area (Å²) in [5, 5.41) is 0. The molecule has 2 aromatic carbocycles. The molecule has 0 spiro atoms. The molecule has 0 amide bonds. The fourth-order valence-electron chi connectivity index (χ4n) is 2.83. The zero-order valence-corrected chi connectivity index (χ0v) is 17.8. The van der Waals surface area contributed by atoms with Gasteiger partial charge in [-0.3, -0.25) is 9.97 Å². The van der Waals surface area contributed by atoms with Crippen LogP contribution in [0, 0.1) is 25.5 Å². The number of benzene rings is 2. The van der Waals surface area contributed by atoms with Crippen LogP contribution >= 0.6 is 0 Å². The summed E-state index contributed by atoms with van der Waals surface area (Å²) < 4.78 is 50.3. The molecule has 4 aromatic rings. The predicted molar refractivity (Wildman–Crippen MR) is 118 cm³/mol. The molecule has 6 nitrogen and oxygen atoms in total. The Labute approximate surface area is 190 Å². The highest BCUT2D eigenvalue weighted by atomic mass is 19.1. The summed E-state index contributed by atoms with van der Waals surface area (Å²) in [4.78, 5) is 8.13. The second kappa shape index (κ2) is 9.99. The number of hydrogen-bond donors (Lipinski definition) is 0. The number of aromatic nitrogens is 2. The maximum atomic E-state index is 14.3. The monoisotopic (exact) mass is 447 g/mol. The van der Waals surface area contributed by atoms with Crippen molar-refractivity contribution in [3.05, 3.63) is 96.1 Å². The first-order valence-electron chi connectivity index (χ1n) is 9.91. The van der Waals surface area contributed by atoms with E-state index in [9.17, 15) is 8.78 Å². The van der Waals surface area contributed by atoms with Crippen LogP contribution in [0.25, 0.3) is 0 Å². The number of halogens is 2. The molecule has 2 heterocycles. The zero-order chi connectivity index (χ0) is 23.2. The van der Waals surface area contributed by atoms with Crippen LogP contribution in [0.2, 0.25) is 0 Å². The van der Waals surface area contributed by atoms with Gasteiger partial charge in [0.25, 0.3) is 0 Å². The van der Waals surface area contributed by atoms with Gasteiger partial charge >= 0.3 is 7.69 Å². The standard InChI is InChI=1S/C24H18BF2N2O4/c1-15-11-17(7-9-28-15)30-23-5-3-19(13-21(23)26)32-25-33-20-4-6-24(22(27)14-20)31-18-8-10-29-16(2)12-18/h3-14H,1-2H3. The lowest BCUT2D eigenvalue weighted by atomic mass is 10.2. The number of rotatable bonds is 8. The second-order valence-electron chi connectivity index (χ2n) is 6.99. The molecule has 0 saturated carbocycles. The molecule has 0 aliphatic carbocycles. The number of pyridine rings is 2. The maximum absolute atomic E-state index is 14.3. The van der Waals surface area contributed by atoms with Gasteiger partial charge in [-0.2, -0.15) is 0 Å². The Kier molecular flexibility index (Phi) is 6.68. The summed E-state index contributed by atoms with van der Waals surface area (Å²) in [5.41, 5.74) is 1.51. The number of hydrogen-bond acceptors (Lipinski definition) is 6. The van der Waals surface area contributed by atoms with Crippen molar-refractivity contribution < 1.29 is 27.6 Å². The van der Waals surface area contributed by atoms with Crippen molar-refractivity contribution >= 4 is 7.69 Å². The Bertz CT molecular complexity index is 1180. The Morgan fingerprint density at radius 1 is 0.606 bits per heavy atom. The van der Waals surface area contributed by atoms with Crippen LogP contribution in [0.1, 0.15) is 11.4 Å². The Morgan fingerprint density at radius 3 is 1.45 bits per heavy atom. The molecule has 0 aliphatic heterocycles. The van der Waals surface area contributed by atoms with Crippen LogP contribution in [0.3, 0.4) is 0 Å². The zero-order valence-electron chi connectivity index (χ0n) is 17.8. The first-order valence-corrected chi connectivity index (χ1v) is 9.91. The largest absolute Gasteiger partial charge is 0.658 e. The number of ether oxygens (including phenoxy) is 2. The smallest absolute Gasteiger partial charge is 0.526 e. The molecule has 0 unspecified atom stereocenters. The SMILES string of the molecule is Cc1cc(Oc2ccc(O[B]Oc3ccc(Oc4ccnc(C)c4)c(F)c3)cc2F)ccn1. The molecule has 0 bridgehead atoms. The van der Waals surface area contributed by atoms with E-state index >= 15 is 0 Å². The van der Waals surface area contributed by atoms with Gasteiger partial charge < -0.3 is 18.8 Å². The van der Waals surface area contributed by atoms with Gasteiger partial charge in [-0.1, -0.05) is 0 Å². The van der Waals surface area contributed by atoms with Gasteiger partial charge in [0.15, 0.2) is 23.1 Å². The van der Waals surface area contributed by atoms with Gasteiger partial charge in [-0.15, -0.1) is 0 Å². The van der Waals surface area contributed by atoms with Crippen LogP contribution in [-0.2, 0) is 0 Å². The molecule has 1 radical (unpaired) electrons. The second-order valence-corrected chi connectivity index (χ2v) is 6.99. The van der Waals surface area contributed by atoms with Crippen LogP contribution in [0.4, 0.5) is 8.78 Å². The van der Waals surface area contributed by atoms with E-state index in [1.807, 2.05) is 13.8 Å². The molecule has 0 fully saturated rings. The van der Waals surface area contributed by atoms with Crippen LogP contribution in [0.5, 0.6) is 34.5 Å². The van der Waals surface area contributed by atoms with Crippen molar-refractivity contribution in [3.8, 4) is 34.5 Å². The van der Waals surface area contributed by atoms with Gasteiger partial charge in [0.1, 0.15) is 23.0 Å². The van der Waals surface area contributed by atoms with Crippen LogP contribution in [0.15, 0.2) is 73.1 Å². The molecule has 0 saturated heterocycles. The Balaban J connectivity index is 1.32. The van der Waals surface area contributed by atoms with Crippen molar-refractivity contribution in [1.29, 1.82) is 0 Å². The van der Waals surface area contributed by atoms with Gasteiger partial charge in [0.05, 0.1) is 0 Å². The summed E-state index contributed by atoms with van der Waals surface area (Å²) in [6, 6.07) is 14.8. The molecule has 0 atom stereocenters. The van der Waals surface area contributed by atoms with E-state index in [4.69, 9.17) is 18.8 Å². The van der Waals surface area contributed by atoms with Gasteiger partial charge in [-0.05, 0) is 50.2 Å².